The van der Waals surface area contributed by atoms with Gasteiger partial charge in [-0.1, -0.05) is 26.7 Å². The van der Waals surface area contributed by atoms with Gasteiger partial charge < -0.3 is 20.4 Å². The van der Waals surface area contributed by atoms with Crippen molar-refractivity contribution in [1.82, 2.24) is 15.6 Å². The highest BCUT2D eigenvalue weighted by Crippen LogP contribution is 2.24. The van der Waals surface area contributed by atoms with Crippen LogP contribution in [0, 0.1) is 5.92 Å². The molecule has 1 heterocycles. The Morgan fingerprint density at radius 2 is 1.77 bits per heavy atom. The van der Waals surface area contributed by atoms with E-state index in [0.717, 1.165) is 55.3 Å². The van der Waals surface area contributed by atoms with Crippen molar-refractivity contribution in [3.8, 4) is 0 Å². The molecule has 166 valence electrons. The molecule has 0 aromatic carbocycles. The molecule has 2 amide bonds. The highest BCUT2D eigenvalue weighted by molar-refractivity contribution is 5.95. The first-order valence-corrected chi connectivity index (χ1v) is 10.8. The standard InChI is InChI=1S/C22H33N3O5/c1-14(2)22(29)30-13-24-20(27)19-17(10-8-12-23-15(3)26)16-9-6-4-5-7-11-18(16)25-21(19)28/h14H,4-13H2,1-3H3,(H,23,26)(H,24,27)(H,25,28). The summed E-state index contributed by atoms with van der Waals surface area (Å²) < 4.78 is 5.02. The molecule has 0 saturated heterocycles. The first kappa shape index (κ1) is 23.6. The first-order valence-electron chi connectivity index (χ1n) is 10.8. The van der Waals surface area contributed by atoms with Crippen molar-refractivity contribution in [3.63, 3.8) is 0 Å². The fourth-order valence-corrected chi connectivity index (χ4v) is 3.69. The van der Waals surface area contributed by atoms with Gasteiger partial charge in [-0.15, -0.1) is 0 Å². The normalized spacial score (nSPS) is 13.7. The fraction of sp³-hybridized carbons (Fsp3) is 0.636. The average molecular weight is 420 g/mol. The molecule has 0 spiro atoms. The molecular weight excluding hydrogens is 386 g/mol. The number of amides is 2. The van der Waals surface area contributed by atoms with Crippen LogP contribution in [0.25, 0.3) is 0 Å². The van der Waals surface area contributed by atoms with Crippen molar-refractivity contribution < 1.29 is 19.1 Å². The lowest BCUT2D eigenvalue weighted by molar-refractivity contribution is -0.147. The van der Waals surface area contributed by atoms with E-state index in [9.17, 15) is 19.2 Å². The summed E-state index contributed by atoms with van der Waals surface area (Å²) in [5, 5.41) is 5.29. The summed E-state index contributed by atoms with van der Waals surface area (Å²) in [5.41, 5.74) is 2.36. The van der Waals surface area contributed by atoms with Crippen LogP contribution >= 0.6 is 0 Å². The lowest BCUT2D eigenvalue weighted by Gasteiger charge is -2.20. The van der Waals surface area contributed by atoms with E-state index in [4.69, 9.17) is 4.74 Å². The molecule has 0 unspecified atom stereocenters. The van der Waals surface area contributed by atoms with Crippen LogP contribution in [0.15, 0.2) is 4.79 Å². The van der Waals surface area contributed by atoms with E-state index in [1.807, 2.05) is 0 Å². The van der Waals surface area contributed by atoms with Gasteiger partial charge in [-0.05, 0) is 49.7 Å². The number of nitrogens with one attached hydrogen (secondary N) is 3. The van der Waals surface area contributed by atoms with Gasteiger partial charge in [-0.25, -0.2) is 0 Å². The van der Waals surface area contributed by atoms with Crippen molar-refractivity contribution in [2.24, 2.45) is 5.92 Å². The van der Waals surface area contributed by atoms with Crippen LogP contribution in [-0.4, -0.2) is 36.0 Å². The molecule has 1 aliphatic rings. The molecule has 0 aliphatic heterocycles. The zero-order valence-electron chi connectivity index (χ0n) is 18.2. The maximum atomic E-state index is 12.8. The first-order chi connectivity index (χ1) is 14.3. The number of carbonyl (C=O) groups is 3. The number of H-pyrrole nitrogens is 1. The number of aromatic nitrogens is 1. The van der Waals surface area contributed by atoms with Crippen LogP contribution < -0.4 is 16.2 Å². The maximum absolute atomic E-state index is 12.8. The predicted octanol–water partition coefficient (Wildman–Crippen LogP) is 1.99. The van der Waals surface area contributed by atoms with Crippen LogP contribution in [0.5, 0.6) is 0 Å². The van der Waals surface area contributed by atoms with Gasteiger partial charge in [0.25, 0.3) is 11.5 Å². The molecule has 30 heavy (non-hydrogen) atoms. The number of esters is 1. The van der Waals surface area contributed by atoms with Gasteiger partial charge in [-0.3, -0.25) is 19.2 Å². The van der Waals surface area contributed by atoms with E-state index < -0.39 is 17.4 Å². The Kier molecular flexibility index (Phi) is 9.08. The third-order valence-electron chi connectivity index (χ3n) is 5.25. The van der Waals surface area contributed by atoms with E-state index >= 15 is 0 Å². The molecule has 0 fully saturated rings. The molecule has 0 bridgehead atoms. The minimum absolute atomic E-state index is 0.0812. The number of hydrogen-bond acceptors (Lipinski definition) is 5. The average Bonchev–Trinajstić information content (AvgIpc) is 2.65. The Morgan fingerprint density at radius 1 is 1.07 bits per heavy atom. The minimum atomic E-state index is -0.549. The molecule has 8 nitrogen and oxygen atoms in total. The van der Waals surface area contributed by atoms with E-state index in [2.05, 4.69) is 15.6 Å². The molecule has 0 atom stereocenters. The monoisotopic (exact) mass is 419 g/mol. The second-order valence-corrected chi connectivity index (χ2v) is 8.03. The number of aromatic amines is 1. The van der Waals surface area contributed by atoms with E-state index in [1.165, 1.54) is 6.92 Å². The Balaban J connectivity index is 2.28. The van der Waals surface area contributed by atoms with Gasteiger partial charge in [0.1, 0.15) is 5.56 Å². The zero-order valence-corrected chi connectivity index (χ0v) is 18.2. The number of rotatable bonds is 8. The largest absolute Gasteiger partial charge is 0.444 e. The van der Waals surface area contributed by atoms with Crippen LogP contribution in [0.2, 0.25) is 0 Å². The van der Waals surface area contributed by atoms with Gasteiger partial charge in [-0.2, -0.15) is 0 Å². The van der Waals surface area contributed by atoms with Crippen molar-refractivity contribution in [2.75, 3.05) is 13.3 Å². The topological polar surface area (TPSA) is 117 Å². The Hall–Kier alpha value is -2.64. The van der Waals surface area contributed by atoms with Crippen molar-refractivity contribution in [3.05, 3.63) is 32.7 Å². The molecule has 1 aromatic rings. The van der Waals surface area contributed by atoms with Crippen molar-refractivity contribution >= 4 is 17.8 Å². The number of pyridine rings is 1. The SMILES string of the molecule is CC(=O)NCCCc1c2c([nH]c(=O)c1C(=O)NCOC(=O)C(C)C)CCCCCC2. The number of carbonyl (C=O) groups excluding carboxylic acids is 3. The van der Waals surface area contributed by atoms with Crippen LogP contribution in [-0.2, 0) is 33.6 Å². The molecule has 3 N–H and O–H groups in total. The summed E-state index contributed by atoms with van der Waals surface area (Å²) in [7, 11) is 0. The van der Waals surface area contributed by atoms with Crippen molar-refractivity contribution in [2.45, 2.75) is 72.1 Å². The van der Waals surface area contributed by atoms with Gasteiger partial charge in [0.2, 0.25) is 5.91 Å². The second kappa shape index (κ2) is 11.5. The van der Waals surface area contributed by atoms with Crippen LogP contribution in [0.4, 0.5) is 0 Å². The lowest BCUT2D eigenvalue weighted by atomic mass is 9.89. The number of ether oxygens (including phenoxy) is 1. The van der Waals surface area contributed by atoms with E-state index in [1.54, 1.807) is 13.8 Å². The Bertz CT molecular complexity index is 829. The number of hydrogen-bond donors (Lipinski definition) is 3. The smallest absolute Gasteiger partial charge is 0.310 e. The lowest BCUT2D eigenvalue weighted by Crippen LogP contribution is -2.35. The van der Waals surface area contributed by atoms with Gasteiger partial charge in [0.15, 0.2) is 6.73 Å². The summed E-state index contributed by atoms with van der Waals surface area (Å²) in [5.74, 6) is -1.38. The minimum Gasteiger partial charge on any atom is -0.444 e. The van der Waals surface area contributed by atoms with Gasteiger partial charge >= 0.3 is 5.97 Å². The Morgan fingerprint density at radius 3 is 2.43 bits per heavy atom. The number of aryl methyl sites for hydroxylation is 1. The van der Waals surface area contributed by atoms with E-state index in [-0.39, 0.29) is 24.1 Å². The summed E-state index contributed by atoms with van der Waals surface area (Å²) >= 11 is 0. The highest BCUT2D eigenvalue weighted by Gasteiger charge is 2.23. The molecule has 8 heteroatoms. The zero-order chi connectivity index (χ0) is 22.1. The predicted molar refractivity (Wildman–Crippen MR) is 113 cm³/mol. The molecule has 1 aromatic heterocycles. The highest BCUT2D eigenvalue weighted by atomic mass is 16.5. The summed E-state index contributed by atoms with van der Waals surface area (Å²) in [6, 6.07) is 0. The van der Waals surface area contributed by atoms with Crippen LogP contribution in [0.3, 0.4) is 0 Å². The summed E-state index contributed by atoms with van der Waals surface area (Å²) in [6.07, 6.45) is 7.00. The van der Waals surface area contributed by atoms with Crippen LogP contribution in [0.1, 0.15) is 80.1 Å². The van der Waals surface area contributed by atoms with Gasteiger partial charge in [0.05, 0.1) is 5.92 Å². The number of fused-ring (bicyclic) bond motifs is 1. The molecule has 0 radical (unpaired) electrons. The molecular formula is C22H33N3O5. The van der Waals surface area contributed by atoms with Gasteiger partial charge in [0, 0.05) is 19.2 Å². The van der Waals surface area contributed by atoms with E-state index in [0.29, 0.717) is 19.4 Å². The summed E-state index contributed by atoms with van der Waals surface area (Å²) in [6.45, 7) is 5.07. The maximum Gasteiger partial charge on any atom is 0.310 e. The fourth-order valence-electron chi connectivity index (χ4n) is 3.69. The molecule has 0 saturated carbocycles. The Labute approximate surface area is 177 Å². The summed E-state index contributed by atoms with van der Waals surface area (Å²) in [4.78, 5) is 51.3. The third kappa shape index (κ3) is 6.71. The third-order valence-corrected chi connectivity index (χ3v) is 5.25. The second-order valence-electron chi connectivity index (χ2n) is 8.03. The molecule has 1 aliphatic carbocycles. The van der Waals surface area contributed by atoms with Crippen molar-refractivity contribution in [1.29, 1.82) is 0 Å². The molecule has 2 rings (SSSR count). The quantitative estimate of drug-likeness (QED) is 0.338.